The van der Waals surface area contributed by atoms with E-state index in [0.29, 0.717) is 6.42 Å². The normalized spacial score (nSPS) is 48.0. The first-order valence-electron chi connectivity index (χ1n) is 9.62. The van der Waals surface area contributed by atoms with Gasteiger partial charge in [0.05, 0.1) is 0 Å². The van der Waals surface area contributed by atoms with Gasteiger partial charge >= 0.3 is 0 Å². The van der Waals surface area contributed by atoms with Gasteiger partial charge in [-0.3, -0.25) is 14.4 Å². The Hall–Kier alpha value is -1.85. The lowest BCUT2D eigenvalue weighted by Gasteiger charge is -2.55. The highest BCUT2D eigenvalue weighted by Gasteiger charge is 2.70. The van der Waals surface area contributed by atoms with Crippen molar-refractivity contribution in [1.29, 1.82) is 0 Å². The summed E-state index contributed by atoms with van der Waals surface area (Å²) in [4.78, 5) is 37.7. The zero-order valence-electron chi connectivity index (χ0n) is 15.9. The highest BCUT2D eigenvalue weighted by Crippen LogP contribution is 2.66. The SMILES string of the molecule is C[C@H]1C[C@H]2[C@@H]3C=CC4=CC(=O)C=C[C@]4(C)[C@H]3C(=O)C[C@]2(C)[C@@]1(O)C(=O)CO. The fraction of sp³-hybridized carbons (Fsp3) is 0.591. The first-order chi connectivity index (χ1) is 12.6. The van der Waals surface area contributed by atoms with Crippen molar-refractivity contribution in [3.8, 4) is 0 Å². The van der Waals surface area contributed by atoms with Crippen LogP contribution in [0.2, 0.25) is 0 Å². The maximum absolute atomic E-state index is 13.4. The summed E-state index contributed by atoms with van der Waals surface area (Å²) in [5.74, 6) is -1.46. The van der Waals surface area contributed by atoms with Crippen molar-refractivity contribution in [2.45, 2.75) is 39.2 Å². The van der Waals surface area contributed by atoms with Gasteiger partial charge in [0.25, 0.3) is 0 Å². The van der Waals surface area contributed by atoms with E-state index in [0.717, 1.165) is 5.57 Å². The number of allylic oxidation sites excluding steroid dienone is 6. The molecule has 0 aromatic rings. The molecule has 4 aliphatic rings. The lowest BCUT2D eigenvalue weighted by molar-refractivity contribution is -0.170. The summed E-state index contributed by atoms with van der Waals surface area (Å²) >= 11 is 0. The van der Waals surface area contributed by atoms with Gasteiger partial charge in [-0.05, 0) is 41.9 Å². The van der Waals surface area contributed by atoms with E-state index < -0.39 is 28.8 Å². The molecule has 0 amide bonds. The molecule has 5 heteroatoms. The Kier molecular flexibility index (Phi) is 3.83. The average Bonchev–Trinajstić information content (AvgIpc) is 2.82. The lowest BCUT2D eigenvalue weighted by atomic mass is 9.48. The summed E-state index contributed by atoms with van der Waals surface area (Å²) in [6.45, 7) is 4.92. The van der Waals surface area contributed by atoms with E-state index in [4.69, 9.17) is 0 Å². The van der Waals surface area contributed by atoms with Crippen LogP contribution < -0.4 is 0 Å². The van der Waals surface area contributed by atoms with E-state index in [9.17, 15) is 24.6 Å². The van der Waals surface area contributed by atoms with E-state index in [2.05, 4.69) is 0 Å². The maximum Gasteiger partial charge on any atom is 0.190 e. The predicted molar refractivity (Wildman–Crippen MR) is 98.5 cm³/mol. The van der Waals surface area contributed by atoms with Crippen molar-refractivity contribution in [3.63, 3.8) is 0 Å². The third-order valence-electron chi connectivity index (χ3n) is 7.97. The number of fused-ring (bicyclic) bond motifs is 5. The van der Waals surface area contributed by atoms with Crippen LogP contribution in [0.25, 0.3) is 0 Å². The molecule has 4 aliphatic carbocycles. The van der Waals surface area contributed by atoms with Crippen molar-refractivity contribution >= 4 is 17.3 Å². The van der Waals surface area contributed by atoms with Crippen molar-refractivity contribution in [3.05, 3.63) is 36.0 Å². The lowest BCUT2D eigenvalue weighted by Crippen LogP contribution is -2.61. The molecule has 2 N–H and O–H groups in total. The summed E-state index contributed by atoms with van der Waals surface area (Å²) < 4.78 is 0. The molecule has 144 valence electrons. The van der Waals surface area contributed by atoms with Crippen LogP contribution in [0.4, 0.5) is 0 Å². The Balaban J connectivity index is 1.84. The van der Waals surface area contributed by atoms with Crippen LogP contribution in [0.5, 0.6) is 0 Å². The minimum atomic E-state index is -1.70. The number of aliphatic hydroxyl groups is 2. The van der Waals surface area contributed by atoms with Crippen LogP contribution in [-0.2, 0) is 14.4 Å². The van der Waals surface area contributed by atoms with Gasteiger partial charge in [-0.15, -0.1) is 0 Å². The highest BCUT2D eigenvalue weighted by molar-refractivity contribution is 6.02. The van der Waals surface area contributed by atoms with E-state index >= 15 is 0 Å². The van der Waals surface area contributed by atoms with Gasteiger partial charge in [0.15, 0.2) is 11.6 Å². The molecule has 7 atom stereocenters. The minimum absolute atomic E-state index is 0.00811. The van der Waals surface area contributed by atoms with Crippen molar-refractivity contribution < 1.29 is 24.6 Å². The van der Waals surface area contributed by atoms with Crippen LogP contribution in [0.15, 0.2) is 36.0 Å². The fourth-order valence-electron chi connectivity index (χ4n) is 6.55. The van der Waals surface area contributed by atoms with Gasteiger partial charge in [-0.25, -0.2) is 0 Å². The van der Waals surface area contributed by atoms with Gasteiger partial charge < -0.3 is 10.2 Å². The zero-order valence-corrected chi connectivity index (χ0v) is 15.9. The zero-order chi connectivity index (χ0) is 19.8. The number of aliphatic hydroxyl groups excluding tert-OH is 1. The second-order valence-corrected chi connectivity index (χ2v) is 9.18. The molecule has 2 fully saturated rings. The molecule has 0 radical (unpaired) electrons. The number of Topliss-reactive ketones (excluding diaryl/α,β-unsaturated/α-hetero) is 2. The summed E-state index contributed by atoms with van der Waals surface area (Å²) in [6, 6.07) is 0. The van der Waals surface area contributed by atoms with Crippen LogP contribution in [0.3, 0.4) is 0 Å². The standard InChI is InChI=1S/C22H26O5/c1-12-8-16-15-5-4-13-9-14(24)6-7-20(13,2)19(15)17(25)10-21(16,3)22(12,27)18(26)11-23/h4-7,9,12,15-16,19,23,27H,8,10-11H2,1-3H3/t12-,15-,16-,19+,20-,21-,22-/m0/s1. The van der Waals surface area contributed by atoms with Gasteiger partial charge in [-0.1, -0.05) is 39.0 Å². The molecule has 0 aliphatic heterocycles. The molecular formula is C22H26O5. The maximum atomic E-state index is 13.4. The number of hydrogen-bond donors (Lipinski definition) is 2. The molecule has 0 unspecified atom stereocenters. The first kappa shape index (κ1) is 18.5. The number of ketones is 3. The van der Waals surface area contributed by atoms with Gasteiger partial charge in [0.1, 0.15) is 18.0 Å². The minimum Gasteiger partial charge on any atom is -0.388 e. The molecule has 0 heterocycles. The van der Waals surface area contributed by atoms with Crippen molar-refractivity contribution in [2.24, 2.45) is 34.5 Å². The molecule has 0 bridgehead atoms. The Morgan fingerprint density at radius 1 is 1.26 bits per heavy atom. The number of hydrogen-bond acceptors (Lipinski definition) is 5. The van der Waals surface area contributed by atoms with Crippen LogP contribution in [0, 0.1) is 34.5 Å². The predicted octanol–water partition coefficient (Wildman–Crippen LogP) is 1.79. The van der Waals surface area contributed by atoms with Gasteiger partial charge in [0, 0.05) is 23.2 Å². The summed E-state index contributed by atoms with van der Waals surface area (Å²) in [6.07, 6.45) is 9.61. The molecular weight excluding hydrogens is 344 g/mol. The molecule has 0 aromatic carbocycles. The third kappa shape index (κ3) is 2.10. The van der Waals surface area contributed by atoms with Crippen molar-refractivity contribution in [2.75, 3.05) is 6.61 Å². The molecule has 5 nitrogen and oxygen atoms in total. The topological polar surface area (TPSA) is 91.7 Å². The summed E-state index contributed by atoms with van der Waals surface area (Å²) in [5.41, 5.74) is -2.30. The van der Waals surface area contributed by atoms with Gasteiger partial charge in [-0.2, -0.15) is 0 Å². The Bertz CT molecular complexity index is 836. The molecule has 2 saturated carbocycles. The Morgan fingerprint density at radius 3 is 2.63 bits per heavy atom. The number of carbonyl (C=O) groups is 3. The molecule has 27 heavy (non-hydrogen) atoms. The molecule has 0 saturated heterocycles. The summed E-state index contributed by atoms with van der Waals surface area (Å²) in [5, 5.41) is 20.8. The van der Waals surface area contributed by atoms with Crippen molar-refractivity contribution in [1.82, 2.24) is 0 Å². The van der Waals surface area contributed by atoms with Crippen LogP contribution in [-0.4, -0.2) is 39.8 Å². The largest absolute Gasteiger partial charge is 0.388 e. The van der Waals surface area contributed by atoms with E-state index in [1.165, 1.54) is 6.08 Å². The van der Waals surface area contributed by atoms with Crippen LogP contribution in [0.1, 0.15) is 33.6 Å². The summed E-state index contributed by atoms with van der Waals surface area (Å²) in [7, 11) is 0. The highest BCUT2D eigenvalue weighted by atomic mass is 16.3. The second kappa shape index (κ2) is 5.58. The van der Waals surface area contributed by atoms with E-state index in [-0.39, 0.29) is 41.7 Å². The second-order valence-electron chi connectivity index (χ2n) is 9.18. The quantitative estimate of drug-likeness (QED) is 0.773. The molecule has 0 spiro atoms. The smallest absolute Gasteiger partial charge is 0.190 e. The third-order valence-corrected chi connectivity index (χ3v) is 7.97. The Morgan fingerprint density at radius 2 is 1.96 bits per heavy atom. The fourth-order valence-corrected chi connectivity index (χ4v) is 6.55. The average molecular weight is 370 g/mol. The first-order valence-corrected chi connectivity index (χ1v) is 9.62. The van der Waals surface area contributed by atoms with E-state index in [1.807, 2.05) is 39.0 Å². The Labute approximate surface area is 158 Å². The van der Waals surface area contributed by atoms with E-state index in [1.54, 1.807) is 6.08 Å². The van der Waals surface area contributed by atoms with Crippen LogP contribution >= 0.6 is 0 Å². The number of carbonyl (C=O) groups excluding carboxylic acids is 3. The molecule has 4 rings (SSSR count). The number of rotatable bonds is 2. The van der Waals surface area contributed by atoms with Gasteiger partial charge in [0.2, 0.25) is 0 Å². The monoisotopic (exact) mass is 370 g/mol. The molecule has 0 aromatic heterocycles.